The van der Waals surface area contributed by atoms with Crippen LogP contribution in [0.25, 0.3) is 0 Å². The van der Waals surface area contributed by atoms with Crippen LogP contribution < -0.4 is 5.32 Å². The van der Waals surface area contributed by atoms with E-state index in [1.165, 1.54) is 44.2 Å². The van der Waals surface area contributed by atoms with Crippen molar-refractivity contribution >= 4 is 0 Å². The van der Waals surface area contributed by atoms with E-state index >= 15 is 0 Å². The minimum Gasteiger partial charge on any atom is -0.306 e. The Labute approximate surface area is 121 Å². The molecule has 4 saturated carbocycles. The number of aromatic nitrogens is 2. The van der Waals surface area contributed by atoms with Crippen molar-refractivity contribution in [3.63, 3.8) is 0 Å². The molecule has 5 rings (SSSR count). The Bertz CT molecular complexity index is 429. The summed E-state index contributed by atoms with van der Waals surface area (Å²) >= 11 is 0. The predicted octanol–water partition coefficient (Wildman–Crippen LogP) is 3.67. The zero-order valence-electron chi connectivity index (χ0n) is 12.7. The van der Waals surface area contributed by atoms with Gasteiger partial charge in [0, 0.05) is 18.3 Å². The molecule has 110 valence electrons. The number of hydrogen-bond acceptors (Lipinski definition) is 2. The molecule has 20 heavy (non-hydrogen) atoms. The Morgan fingerprint density at radius 3 is 2.25 bits per heavy atom. The molecule has 2 atom stereocenters. The van der Waals surface area contributed by atoms with Gasteiger partial charge in [0.2, 0.25) is 0 Å². The van der Waals surface area contributed by atoms with Gasteiger partial charge in [-0.05, 0) is 81.6 Å². The molecule has 4 aliphatic carbocycles. The summed E-state index contributed by atoms with van der Waals surface area (Å²) < 4.78 is 0. The average molecular weight is 273 g/mol. The monoisotopic (exact) mass is 273 g/mol. The first-order chi connectivity index (χ1) is 9.64. The van der Waals surface area contributed by atoms with E-state index < -0.39 is 0 Å². The lowest BCUT2D eigenvalue weighted by atomic mass is 9.48. The zero-order chi connectivity index (χ0) is 13.7. The van der Waals surface area contributed by atoms with E-state index in [9.17, 15) is 0 Å². The number of nitrogens with zero attached hydrogens (tertiary/aromatic N) is 1. The largest absolute Gasteiger partial charge is 0.306 e. The van der Waals surface area contributed by atoms with Gasteiger partial charge in [0.15, 0.2) is 0 Å². The molecule has 1 aromatic heterocycles. The Morgan fingerprint density at radius 2 is 1.75 bits per heavy atom. The van der Waals surface area contributed by atoms with E-state index in [2.05, 4.69) is 35.4 Å². The van der Waals surface area contributed by atoms with Crippen LogP contribution in [0.2, 0.25) is 0 Å². The summed E-state index contributed by atoms with van der Waals surface area (Å²) in [5.41, 5.74) is 1.80. The van der Waals surface area contributed by atoms with Crippen LogP contribution in [0, 0.1) is 23.2 Å². The van der Waals surface area contributed by atoms with Crippen LogP contribution in [-0.4, -0.2) is 16.2 Å². The lowest BCUT2D eigenvalue weighted by molar-refractivity contribution is -0.0720. The Kier molecular flexibility index (Phi) is 2.95. The van der Waals surface area contributed by atoms with E-state index in [4.69, 9.17) is 0 Å². The first-order valence-electron chi connectivity index (χ1n) is 8.40. The predicted molar refractivity (Wildman–Crippen MR) is 80.2 cm³/mol. The molecule has 0 amide bonds. The highest BCUT2D eigenvalue weighted by molar-refractivity contribution is 5.08. The molecule has 3 heteroatoms. The fraction of sp³-hybridized carbons (Fsp3) is 0.824. The van der Waals surface area contributed by atoms with Gasteiger partial charge in [-0.25, -0.2) is 0 Å². The molecule has 3 nitrogen and oxygen atoms in total. The van der Waals surface area contributed by atoms with Gasteiger partial charge < -0.3 is 5.32 Å². The van der Waals surface area contributed by atoms with Gasteiger partial charge in [-0.1, -0.05) is 0 Å². The van der Waals surface area contributed by atoms with Gasteiger partial charge in [0.25, 0.3) is 0 Å². The molecule has 2 N–H and O–H groups in total. The molecule has 0 aromatic carbocycles. The highest BCUT2D eigenvalue weighted by Gasteiger charge is 2.53. The molecule has 4 fully saturated rings. The third-order valence-corrected chi connectivity index (χ3v) is 6.49. The summed E-state index contributed by atoms with van der Waals surface area (Å²) in [7, 11) is 0. The first-order valence-corrected chi connectivity index (χ1v) is 8.40. The molecular formula is C17H27N3. The first kappa shape index (κ1) is 12.9. The van der Waals surface area contributed by atoms with Gasteiger partial charge in [-0.3, -0.25) is 5.10 Å². The standard InChI is InChI=1S/C17H27N3/c1-11(16-3-4-18-20-16)19-12(2)17-8-13-5-14(9-17)7-15(6-13)10-17/h3-4,11-15,19H,5-10H2,1-2H3,(H,18,20). The SMILES string of the molecule is CC(NC(C)C12CC3CC(CC(C3)C1)C2)c1ccn[nH]1. The van der Waals surface area contributed by atoms with Crippen molar-refractivity contribution < 1.29 is 0 Å². The van der Waals surface area contributed by atoms with Crippen LogP contribution >= 0.6 is 0 Å². The molecule has 1 aromatic rings. The third kappa shape index (κ3) is 2.02. The highest BCUT2D eigenvalue weighted by atomic mass is 15.1. The van der Waals surface area contributed by atoms with Gasteiger partial charge in [0.1, 0.15) is 0 Å². The summed E-state index contributed by atoms with van der Waals surface area (Å²) in [6.45, 7) is 4.69. The molecule has 0 saturated heterocycles. The number of nitrogens with one attached hydrogen (secondary N) is 2. The summed E-state index contributed by atoms with van der Waals surface area (Å²) in [5, 5.41) is 11.0. The molecule has 1 heterocycles. The topological polar surface area (TPSA) is 40.7 Å². The van der Waals surface area contributed by atoms with E-state index in [1.807, 2.05) is 6.20 Å². The maximum atomic E-state index is 4.08. The molecule has 4 bridgehead atoms. The van der Waals surface area contributed by atoms with Crippen LogP contribution in [0.15, 0.2) is 12.3 Å². The second-order valence-electron chi connectivity index (χ2n) is 7.90. The summed E-state index contributed by atoms with van der Waals surface area (Å²) in [6, 6.07) is 3.08. The van der Waals surface area contributed by atoms with Crippen LogP contribution in [0.4, 0.5) is 0 Å². The second kappa shape index (κ2) is 4.59. The fourth-order valence-electron chi connectivity index (χ4n) is 5.86. The Morgan fingerprint density at radius 1 is 1.15 bits per heavy atom. The van der Waals surface area contributed by atoms with Crippen LogP contribution in [0.5, 0.6) is 0 Å². The van der Waals surface area contributed by atoms with E-state index in [0.717, 1.165) is 17.8 Å². The normalized spacial score (nSPS) is 41.8. The number of hydrogen-bond donors (Lipinski definition) is 2. The van der Waals surface area contributed by atoms with Crippen molar-refractivity contribution in [2.24, 2.45) is 23.2 Å². The minimum absolute atomic E-state index is 0.375. The van der Waals surface area contributed by atoms with Crippen LogP contribution in [0.3, 0.4) is 0 Å². The second-order valence-corrected chi connectivity index (χ2v) is 7.90. The Balaban J connectivity index is 1.49. The summed E-state index contributed by atoms with van der Waals surface area (Å²) in [4.78, 5) is 0. The lowest BCUT2D eigenvalue weighted by Crippen LogP contribution is -2.55. The van der Waals surface area contributed by atoms with Crippen molar-refractivity contribution in [1.82, 2.24) is 15.5 Å². The van der Waals surface area contributed by atoms with E-state index in [-0.39, 0.29) is 0 Å². The van der Waals surface area contributed by atoms with Crippen molar-refractivity contribution in [2.45, 2.75) is 64.5 Å². The third-order valence-electron chi connectivity index (χ3n) is 6.49. The smallest absolute Gasteiger partial charge is 0.0518 e. The van der Waals surface area contributed by atoms with Crippen molar-refractivity contribution in [3.8, 4) is 0 Å². The molecule has 2 unspecified atom stereocenters. The Hall–Kier alpha value is -0.830. The summed E-state index contributed by atoms with van der Waals surface area (Å²) in [6.07, 6.45) is 10.9. The maximum absolute atomic E-state index is 4.08. The van der Waals surface area contributed by atoms with Crippen LogP contribution in [0.1, 0.15) is 64.1 Å². The van der Waals surface area contributed by atoms with Crippen molar-refractivity contribution in [3.05, 3.63) is 18.0 Å². The number of H-pyrrole nitrogens is 1. The number of rotatable bonds is 4. The quantitative estimate of drug-likeness (QED) is 0.879. The van der Waals surface area contributed by atoms with Gasteiger partial charge in [0.05, 0.1) is 5.69 Å². The average Bonchev–Trinajstić information content (AvgIpc) is 2.90. The zero-order valence-corrected chi connectivity index (χ0v) is 12.7. The fourth-order valence-corrected chi connectivity index (χ4v) is 5.86. The molecule has 0 spiro atoms. The summed E-state index contributed by atoms with van der Waals surface area (Å²) in [5.74, 6) is 3.11. The minimum atomic E-state index is 0.375. The van der Waals surface area contributed by atoms with Crippen molar-refractivity contribution in [2.75, 3.05) is 0 Å². The van der Waals surface area contributed by atoms with Crippen molar-refractivity contribution in [1.29, 1.82) is 0 Å². The van der Waals surface area contributed by atoms with E-state index in [1.54, 1.807) is 0 Å². The highest BCUT2D eigenvalue weighted by Crippen LogP contribution is 2.61. The van der Waals surface area contributed by atoms with Gasteiger partial charge in [-0.2, -0.15) is 5.10 Å². The van der Waals surface area contributed by atoms with E-state index in [0.29, 0.717) is 17.5 Å². The molecular weight excluding hydrogens is 246 g/mol. The molecule has 0 aliphatic heterocycles. The molecule has 0 radical (unpaired) electrons. The van der Waals surface area contributed by atoms with Crippen LogP contribution in [-0.2, 0) is 0 Å². The lowest BCUT2D eigenvalue weighted by Gasteiger charge is -2.59. The molecule has 4 aliphatic rings. The van der Waals surface area contributed by atoms with Gasteiger partial charge >= 0.3 is 0 Å². The number of aromatic amines is 1. The van der Waals surface area contributed by atoms with Gasteiger partial charge in [-0.15, -0.1) is 0 Å². The maximum Gasteiger partial charge on any atom is 0.0518 e.